The molecule has 0 rings (SSSR count). The third-order valence-corrected chi connectivity index (χ3v) is 11.7. The summed E-state index contributed by atoms with van der Waals surface area (Å²) < 4.78 is 5.92. The molecule has 0 aliphatic rings. The van der Waals surface area contributed by atoms with Crippen molar-refractivity contribution in [3.8, 4) is 0 Å². The molecule has 6 heteroatoms. The molecule has 0 bridgehead atoms. The van der Waals surface area contributed by atoms with Crippen LogP contribution >= 0.6 is 0 Å². The number of carbonyl (C=O) groups excluding carboxylic acids is 2. The highest BCUT2D eigenvalue weighted by Crippen LogP contribution is 2.18. The number of nitrogens with one attached hydrogen (secondary N) is 1. The van der Waals surface area contributed by atoms with Gasteiger partial charge in [-0.1, -0.05) is 229 Å². The van der Waals surface area contributed by atoms with Gasteiger partial charge in [-0.25, -0.2) is 0 Å². The predicted molar refractivity (Wildman–Crippen MR) is 264 cm³/mol. The van der Waals surface area contributed by atoms with Crippen molar-refractivity contribution < 1.29 is 24.5 Å². The van der Waals surface area contributed by atoms with Crippen molar-refractivity contribution in [1.29, 1.82) is 0 Å². The summed E-state index contributed by atoms with van der Waals surface area (Å²) in [5, 5.41) is 23.8. The van der Waals surface area contributed by atoms with Crippen LogP contribution in [0.15, 0.2) is 60.8 Å². The molecule has 1 amide bonds. The second-order valence-electron chi connectivity index (χ2n) is 17.6. The number of esters is 1. The van der Waals surface area contributed by atoms with Gasteiger partial charge in [0.2, 0.25) is 5.91 Å². The molecule has 3 N–H and O–H groups in total. The number of allylic oxidation sites excluding steroid dienone is 10. The minimum absolute atomic E-state index is 0.0581. The number of amides is 1. The normalized spacial score (nSPS) is 13.7. The van der Waals surface area contributed by atoms with Crippen LogP contribution in [0.5, 0.6) is 0 Å². The molecular formula is C55H99NO5. The average molecular weight is 854 g/mol. The molecule has 0 saturated heterocycles. The first-order valence-corrected chi connectivity index (χ1v) is 26.1. The van der Waals surface area contributed by atoms with Crippen LogP contribution in [0.4, 0.5) is 0 Å². The Hall–Kier alpha value is -2.44. The lowest BCUT2D eigenvalue weighted by molar-refractivity contribution is -0.151. The van der Waals surface area contributed by atoms with E-state index in [1.165, 1.54) is 116 Å². The van der Waals surface area contributed by atoms with Crippen molar-refractivity contribution in [2.24, 2.45) is 0 Å². The van der Waals surface area contributed by atoms with Crippen molar-refractivity contribution >= 4 is 11.9 Å². The van der Waals surface area contributed by atoms with Crippen molar-refractivity contribution in [2.45, 2.75) is 270 Å². The molecule has 354 valence electrons. The Morgan fingerprint density at radius 1 is 0.492 bits per heavy atom. The summed E-state index contributed by atoms with van der Waals surface area (Å²) in [5.41, 5.74) is 0. The number of hydrogen-bond donors (Lipinski definition) is 3. The standard InChI is InChI=1S/C55H99NO5/c1-4-7-10-13-16-19-22-25-27-30-33-36-39-42-45-48-55(60)61-51(46-43-40-37-34-31-28-24-21-18-15-12-9-6-3)49-54(59)56-52(50-57)53(58)47-44-41-38-35-32-29-26-23-20-17-14-11-8-5-2/h7,10,13,16,18-19,21-22,24,28,51-53,57-58H,4-6,8-9,11-12,14-15,17,20,23,25-27,29-50H2,1-3H3,(H,56,59)/b10-7+,16-13+,21-18+,22-19+,28-24+. The monoisotopic (exact) mass is 854 g/mol. The molecule has 3 atom stereocenters. The molecule has 0 heterocycles. The SMILES string of the molecule is CC/C=C/C=C/C=C/CCCCCCCCCC(=O)OC(CCCCCC/C=C/C=C/CCCCC)CC(=O)NC(CO)C(O)CCCCCCCCCCCCCCCC. The summed E-state index contributed by atoms with van der Waals surface area (Å²) >= 11 is 0. The minimum Gasteiger partial charge on any atom is -0.462 e. The lowest BCUT2D eigenvalue weighted by atomic mass is 10.0. The van der Waals surface area contributed by atoms with E-state index in [4.69, 9.17) is 4.74 Å². The van der Waals surface area contributed by atoms with Gasteiger partial charge >= 0.3 is 5.97 Å². The van der Waals surface area contributed by atoms with Gasteiger partial charge in [0.1, 0.15) is 6.10 Å². The van der Waals surface area contributed by atoms with Crippen LogP contribution in [-0.2, 0) is 14.3 Å². The van der Waals surface area contributed by atoms with E-state index in [0.717, 1.165) is 89.9 Å². The first-order chi connectivity index (χ1) is 30.0. The van der Waals surface area contributed by atoms with Crippen LogP contribution in [-0.4, -0.2) is 46.9 Å². The molecule has 0 spiro atoms. The number of rotatable bonds is 46. The molecule has 61 heavy (non-hydrogen) atoms. The van der Waals surface area contributed by atoms with Gasteiger partial charge in [0.05, 0.1) is 25.2 Å². The molecule has 0 aromatic rings. The van der Waals surface area contributed by atoms with E-state index in [9.17, 15) is 19.8 Å². The Morgan fingerprint density at radius 2 is 0.885 bits per heavy atom. The van der Waals surface area contributed by atoms with Gasteiger partial charge in [0.25, 0.3) is 0 Å². The Labute approximate surface area is 378 Å². The fourth-order valence-electron chi connectivity index (χ4n) is 7.72. The number of unbranched alkanes of at least 4 members (excludes halogenated alkanes) is 27. The molecule has 0 aliphatic carbocycles. The highest BCUT2D eigenvalue weighted by molar-refractivity contribution is 5.77. The van der Waals surface area contributed by atoms with Crippen LogP contribution in [0.25, 0.3) is 0 Å². The summed E-state index contributed by atoms with van der Waals surface area (Å²) in [4.78, 5) is 26.1. The fourth-order valence-corrected chi connectivity index (χ4v) is 7.72. The quantitative estimate of drug-likeness (QED) is 0.0322. The molecule has 0 radical (unpaired) electrons. The summed E-state index contributed by atoms with van der Waals surface area (Å²) in [6, 6.07) is -0.711. The zero-order valence-electron chi connectivity index (χ0n) is 40.3. The summed E-state index contributed by atoms with van der Waals surface area (Å²) in [6.45, 7) is 6.32. The maximum Gasteiger partial charge on any atom is 0.306 e. The van der Waals surface area contributed by atoms with Gasteiger partial charge in [-0.3, -0.25) is 9.59 Å². The number of aliphatic hydroxyl groups excluding tert-OH is 2. The average Bonchev–Trinajstić information content (AvgIpc) is 3.25. The molecule has 0 aromatic heterocycles. The largest absolute Gasteiger partial charge is 0.462 e. The van der Waals surface area contributed by atoms with Crippen LogP contribution in [0, 0.1) is 0 Å². The van der Waals surface area contributed by atoms with Crippen LogP contribution in [0.3, 0.4) is 0 Å². The van der Waals surface area contributed by atoms with Crippen molar-refractivity contribution in [3.05, 3.63) is 60.8 Å². The first kappa shape index (κ1) is 58.6. The van der Waals surface area contributed by atoms with E-state index in [1.807, 2.05) is 0 Å². The van der Waals surface area contributed by atoms with E-state index in [-0.39, 0.29) is 24.9 Å². The van der Waals surface area contributed by atoms with Crippen molar-refractivity contribution in [3.63, 3.8) is 0 Å². The minimum atomic E-state index is -0.796. The number of hydrogen-bond acceptors (Lipinski definition) is 5. The van der Waals surface area contributed by atoms with E-state index >= 15 is 0 Å². The Morgan fingerprint density at radius 3 is 1.38 bits per heavy atom. The van der Waals surface area contributed by atoms with Gasteiger partial charge in [0, 0.05) is 6.42 Å². The summed E-state index contributed by atoms with van der Waals surface area (Å²) in [6.07, 6.45) is 59.9. The predicted octanol–water partition coefficient (Wildman–Crippen LogP) is 15.6. The van der Waals surface area contributed by atoms with Gasteiger partial charge in [-0.2, -0.15) is 0 Å². The molecule has 0 fully saturated rings. The molecule has 0 saturated carbocycles. The number of aliphatic hydroxyl groups is 2. The van der Waals surface area contributed by atoms with E-state index < -0.39 is 18.2 Å². The summed E-state index contributed by atoms with van der Waals surface area (Å²) in [5.74, 6) is -0.505. The van der Waals surface area contributed by atoms with E-state index in [1.54, 1.807) is 0 Å². The fraction of sp³-hybridized carbons (Fsp3) is 0.782. The maximum atomic E-state index is 13.2. The van der Waals surface area contributed by atoms with Crippen LogP contribution in [0.1, 0.15) is 252 Å². The van der Waals surface area contributed by atoms with Gasteiger partial charge in [-0.05, 0) is 70.6 Å². The second kappa shape index (κ2) is 48.6. The topological polar surface area (TPSA) is 95.9 Å². The lowest BCUT2D eigenvalue weighted by Crippen LogP contribution is -2.46. The highest BCUT2D eigenvalue weighted by atomic mass is 16.5. The molecule has 3 unspecified atom stereocenters. The Balaban J connectivity index is 4.60. The van der Waals surface area contributed by atoms with Crippen LogP contribution in [0.2, 0.25) is 0 Å². The summed E-state index contributed by atoms with van der Waals surface area (Å²) in [7, 11) is 0. The maximum absolute atomic E-state index is 13.2. The molecule has 6 nitrogen and oxygen atoms in total. The van der Waals surface area contributed by atoms with E-state index in [0.29, 0.717) is 19.3 Å². The number of carbonyl (C=O) groups is 2. The molecule has 0 aromatic carbocycles. The zero-order chi connectivity index (χ0) is 44.5. The van der Waals surface area contributed by atoms with E-state index in [2.05, 4.69) is 86.8 Å². The van der Waals surface area contributed by atoms with Gasteiger partial charge in [-0.15, -0.1) is 0 Å². The van der Waals surface area contributed by atoms with Gasteiger partial charge < -0.3 is 20.3 Å². The molecular weight excluding hydrogens is 755 g/mol. The van der Waals surface area contributed by atoms with Crippen molar-refractivity contribution in [1.82, 2.24) is 5.32 Å². The van der Waals surface area contributed by atoms with Gasteiger partial charge in [0.15, 0.2) is 0 Å². The molecule has 0 aliphatic heterocycles. The zero-order valence-corrected chi connectivity index (χ0v) is 40.3. The second-order valence-corrected chi connectivity index (χ2v) is 17.6. The van der Waals surface area contributed by atoms with Crippen molar-refractivity contribution in [2.75, 3.05) is 6.61 Å². The Kier molecular flexibility index (Phi) is 46.6. The number of ether oxygens (including phenoxy) is 1. The van der Waals surface area contributed by atoms with Crippen LogP contribution < -0.4 is 5.32 Å². The third-order valence-electron chi connectivity index (χ3n) is 11.7. The first-order valence-electron chi connectivity index (χ1n) is 26.1. The lowest BCUT2D eigenvalue weighted by Gasteiger charge is -2.24. The third kappa shape index (κ3) is 44.0. The Bertz CT molecular complexity index is 1090. The highest BCUT2D eigenvalue weighted by Gasteiger charge is 2.24. The smallest absolute Gasteiger partial charge is 0.306 e.